The third-order valence-corrected chi connectivity index (χ3v) is 2.65. The minimum atomic E-state index is 0.294. The van der Waals surface area contributed by atoms with Gasteiger partial charge in [-0.15, -0.1) is 0 Å². The van der Waals surface area contributed by atoms with Crippen molar-refractivity contribution in [1.82, 2.24) is 10.2 Å². The zero-order valence-electron chi connectivity index (χ0n) is 9.58. The van der Waals surface area contributed by atoms with E-state index < -0.39 is 0 Å². The number of nitrogens with zero attached hydrogens (tertiary/aromatic N) is 2. The molecular formula is C10H21N3O. The molecule has 1 aliphatic heterocycles. The number of aliphatic imine (C=N–C) groups is 1. The standard InChI is InChI=1S/C10H21N3O/c1-5-9-7-14-8(2)6-13(9)10(11-3)12-4/h8-9H,5-7H2,1-4H3,(H,11,12). The van der Waals surface area contributed by atoms with Crippen molar-refractivity contribution >= 4 is 5.96 Å². The van der Waals surface area contributed by atoms with Crippen LogP contribution >= 0.6 is 0 Å². The van der Waals surface area contributed by atoms with Crippen LogP contribution in [0, 0.1) is 0 Å². The molecule has 1 N–H and O–H groups in total. The molecule has 14 heavy (non-hydrogen) atoms. The van der Waals surface area contributed by atoms with E-state index in [9.17, 15) is 0 Å². The molecule has 1 fully saturated rings. The normalized spacial score (nSPS) is 29.1. The Labute approximate surface area is 86.3 Å². The van der Waals surface area contributed by atoms with Crippen LogP contribution in [-0.2, 0) is 4.74 Å². The zero-order valence-corrected chi connectivity index (χ0v) is 9.58. The summed E-state index contributed by atoms with van der Waals surface area (Å²) in [6.07, 6.45) is 1.39. The van der Waals surface area contributed by atoms with Crippen LogP contribution in [0.4, 0.5) is 0 Å². The second-order valence-corrected chi connectivity index (χ2v) is 3.66. The van der Waals surface area contributed by atoms with Crippen molar-refractivity contribution in [3.8, 4) is 0 Å². The van der Waals surface area contributed by atoms with Gasteiger partial charge in [0.15, 0.2) is 5.96 Å². The number of nitrogens with one attached hydrogen (secondary N) is 1. The minimum absolute atomic E-state index is 0.294. The van der Waals surface area contributed by atoms with Gasteiger partial charge in [-0.25, -0.2) is 0 Å². The molecule has 0 amide bonds. The Hall–Kier alpha value is -0.770. The first kappa shape index (κ1) is 11.3. The highest BCUT2D eigenvalue weighted by atomic mass is 16.5. The van der Waals surface area contributed by atoms with Gasteiger partial charge >= 0.3 is 0 Å². The second-order valence-electron chi connectivity index (χ2n) is 3.66. The molecule has 2 unspecified atom stereocenters. The summed E-state index contributed by atoms with van der Waals surface area (Å²) in [6, 6.07) is 0.456. The minimum Gasteiger partial charge on any atom is -0.375 e. The Balaban J connectivity index is 2.69. The van der Waals surface area contributed by atoms with Gasteiger partial charge in [0.25, 0.3) is 0 Å². The van der Waals surface area contributed by atoms with Crippen LogP contribution in [0.25, 0.3) is 0 Å². The van der Waals surface area contributed by atoms with Crippen molar-refractivity contribution in [3.63, 3.8) is 0 Å². The van der Waals surface area contributed by atoms with Gasteiger partial charge in [-0.3, -0.25) is 4.99 Å². The molecule has 2 atom stereocenters. The van der Waals surface area contributed by atoms with E-state index in [4.69, 9.17) is 4.74 Å². The molecule has 1 aliphatic rings. The van der Waals surface area contributed by atoms with Crippen molar-refractivity contribution in [2.75, 3.05) is 27.2 Å². The third kappa shape index (κ3) is 2.38. The monoisotopic (exact) mass is 199 g/mol. The predicted molar refractivity (Wildman–Crippen MR) is 58.6 cm³/mol. The van der Waals surface area contributed by atoms with Crippen LogP contribution in [-0.4, -0.2) is 50.3 Å². The first-order chi connectivity index (χ1) is 6.72. The Morgan fingerprint density at radius 2 is 2.36 bits per heavy atom. The fourth-order valence-corrected chi connectivity index (χ4v) is 1.83. The lowest BCUT2D eigenvalue weighted by molar-refractivity contribution is -0.0295. The lowest BCUT2D eigenvalue weighted by Crippen LogP contribution is -2.54. The van der Waals surface area contributed by atoms with E-state index in [2.05, 4.69) is 29.1 Å². The van der Waals surface area contributed by atoms with Gasteiger partial charge in [-0.1, -0.05) is 6.92 Å². The Bertz CT molecular complexity index is 206. The van der Waals surface area contributed by atoms with Crippen molar-refractivity contribution in [1.29, 1.82) is 0 Å². The summed E-state index contributed by atoms with van der Waals surface area (Å²) in [5.41, 5.74) is 0. The van der Waals surface area contributed by atoms with E-state index in [1.807, 2.05) is 14.1 Å². The molecule has 4 nitrogen and oxygen atoms in total. The van der Waals surface area contributed by atoms with Gasteiger partial charge < -0.3 is 15.0 Å². The van der Waals surface area contributed by atoms with E-state index >= 15 is 0 Å². The van der Waals surface area contributed by atoms with E-state index in [1.165, 1.54) is 0 Å². The molecule has 0 bridgehead atoms. The molecule has 82 valence electrons. The van der Waals surface area contributed by atoms with Crippen LogP contribution in [0.15, 0.2) is 4.99 Å². The molecule has 1 heterocycles. The maximum Gasteiger partial charge on any atom is 0.193 e. The largest absolute Gasteiger partial charge is 0.375 e. The maximum absolute atomic E-state index is 5.63. The first-order valence-electron chi connectivity index (χ1n) is 5.25. The molecule has 0 radical (unpaired) electrons. The number of hydrogen-bond donors (Lipinski definition) is 1. The number of morpholine rings is 1. The van der Waals surface area contributed by atoms with Gasteiger partial charge in [-0.2, -0.15) is 0 Å². The molecule has 0 spiro atoms. The van der Waals surface area contributed by atoms with Gasteiger partial charge in [-0.05, 0) is 13.3 Å². The van der Waals surface area contributed by atoms with Crippen molar-refractivity contribution in [2.45, 2.75) is 32.4 Å². The molecule has 1 rings (SSSR count). The summed E-state index contributed by atoms with van der Waals surface area (Å²) in [7, 11) is 3.73. The van der Waals surface area contributed by atoms with Gasteiger partial charge in [0.2, 0.25) is 0 Å². The molecule has 0 saturated carbocycles. The van der Waals surface area contributed by atoms with Crippen LogP contribution < -0.4 is 5.32 Å². The smallest absolute Gasteiger partial charge is 0.193 e. The number of guanidine groups is 1. The van der Waals surface area contributed by atoms with Gasteiger partial charge in [0.05, 0.1) is 18.8 Å². The summed E-state index contributed by atoms with van der Waals surface area (Å²) in [5, 5.41) is 3.13. The van der Waals surface area contributed by atoms with Gasteiger partial charge in [0.1, 0.15) is 0 Å². The van der Waals surface area contributed by atoms with E-state index in [-0.39, 0.29) is 0 Å². The quantitative estimate of drug-likeness (QED) is 0.499. The lowest BCUT2D eigenvalue weighted by Gasteiger charge is -2.39. The predicted octanol–water partition coefficient (Wildman–Crippen LogP) is 0.691. The average Bonchev–Trinajstić information content (AvgIpc) is 2.20. The van der Waals surface area contributed by atoms with Crippen molar-refractivity contribution in [3.05, 3.63) is 0 Å². The van der Waals surface area contributed by atoms with Crippen molar-refractivity contribution < 1.29 is 4.74 Å². The van der Waals surface area contributed by atoms with Crippen LogP contribution in [0.2, 0.25) is 0 Å². The van der Waals surface area contributed by atoms with Crippen molar-refractivity contribution in [2.24, 2.45) is 4.99 Å². The van der Waals surface area contributed by atoms with Crippen LogP contribution in [0.1, 0.15) is 20.3 Å². The van der Waals surface area contributed by atoms with Crippen LogP contribution in [0.3, 0.4) is 0 Å². The molecule has 0 aromatic rings. The summed E-state index contributed by atoms with van der Waals surface area (Å²) in [4.78, 5) is 6.54. The molecular weight excluding hydrogens is 178 g/mol. The fourth-order valence-electron chi connectivity index (χ4n) is 1.83. The molecule has 1 saturated heterocycles. The Morgan fingerprint density at radius 1 is 1.64 bits per heavy atom. The summed E-state index contributed by atoms with van der Waals surface area (Å²) < 4.78 is 5.63. The average molecular weight is 199 g/mol. The summed E-state index contributed by atoms with van der Waals surface area (Å²) in [5.74, 6) is 0.965. The number of ether oxygens (including phenoxy) is 1. The topological polar surface area (TPSA) is 36.9 Å². The SMILES string of the molecule is CCC1COC(C)CN1C(=NC)NC. The number of hydrogen-bond acceptors (Lipinski definition) is 2. The molecule has 0 aromatic carbocycles. The summed E-state index contributed by atoms with van der Waals surface area (Å²) in [6.45, 7) is 6.01. The van der Waals surface area contributed by atoms with E-state index in [1.54, 1.807) is 0 Å². The number of rotatable bonds is 1. The van der Waals surface area contributed by atoms with Crippen LogP contribution in [0.5, 0.6) is 0 Å². The lowest BCUT2D eigenvalue weighted by atomic mass is 10.1. The zero-order chi connectivity index (χ0) is 10.6. The summed E-state index contributed by atoms with van der Waals surface area (Å²) >= 11 is 0. The third-order valence-electron chi connectivity index (χ3n) is 2.65. The Kier molecular flexibility index (Phi) is 4.20. The highest BCUT2D eigenvalue weighted by molar-refractivity contribution is 5.80. The van der Waals surface area contributed by atoms with E-state index in [0.29, 0.717) is 12.1 Å². The highest BCUT2D eigenvalue weighted by Gasteiger charge is 2.27. The van der Waals surface area contributed by atoms with Gasteiger partial charge in [0, 0.05) is 20.6 Å². The van der Waals surface area contributed by atoms with E-state index in [0.717, 1.165) is 25.5 Å². The molecule has 4 heteroatoms. The highest BCUT2D eigenvalue weighted by Crippen LogP contribution is 2.14. The molecule has 0 aliphatic carbocycles. The maximum atomic E-state index is 5.63. The second kappa shape index (κ2) is 5.20. The Morgan fingerprint density at radius 3 is 2.86 bits per heavy atom. The molecule has 0 aromatic heterocycles. The fraction of sp³-hybridized carbons (Fsp3) is 0.900. The first-order valence-corrected chi connectivity index (χ1v) is 5.25.